The van der Waals surface area contributed by atoms with Crippen LogP contribution in [0.5, 0.6) is 5.75 Å². The van der Waals surface area contributed by atoms with E-state index in [1.54, 1.807) is 13.2 Å². The molecule has 2 aromatic heterocycles. The maximum absolute atomic E-state index is 12.5. The van der Waals surface area contributed by atoms with Crippen molar-refractivity contribution < 1.29 is 13.9 Å². The Morgan fingerprint density at radius 2 is 1.93 bits per heavy atom. The lowest BCUT2D eigenvalue weighted by Crippen LogP contribution is -2.18. The van der Waals surface area contributed by atoms with Crippen molar-refractivity contribution in [3.63, 3.8) is 0 Å². The van der Waals surface area contributed by atoms with E-state index in [1.807, 2.05) is 45.9 Å². The number of hydrogen-bond donors (Lipinski definition) is 1. The average Bonchev–Trinajstić information content (AvgIpc) is 2.63. The van der Waals surface area contributed by atoms with Crippen LogP contribution in [-0.4, -0.2) is 18.0 Å². The number of ether oxygens (including phenoxy) is 1. The van der Waals surface area contributed by atoms with Crippen molar-refractivity contribution in [3.05, 3.63) is 62.8 Å². The topological polar surface area (TPSA) is 81.4 Å². The summed E-state index contributed by atoms with van der Waals surface area (Å²) in [6.07, 6.45) is 0.485. The van der Waals surface area contributed by atoms with Crippen LogP contribution in [0.2, 0.25) is 0 Å². The summed E-state index contributed by atoms with van der Waals surface area (Å²) in [6.45, 7) is 7.60. The lowest BCUT2D eigenvalue weighted by molar-refractivity contribution is -0.116. The van der Waals surface area contributed by atoms with Crippen molar-refractivity contribution >= 4 is 22.6 Å². The molecule has 3 aromatic rings. The molecule has 2 heterocycles. The Hall–Kier alpha value is -3.15. The fourth-order valence-electron chi connectivity index (χ4n) is 3.44. The van der Waals surface area contributed by atoms with Gasteiger partial charge in [-0.15, -0.1) is 0 Å². The lowest BCUT2D eigenvalue weighted by atomic mass is 10.0. The van der Waals surface area contributed by atoms with Crippen LogP contribution in [0.15, 0.2) is 33.5 Å². The van der Waals surface area contributed by atoms with Gasteiger partial charge in [0.1, 0.15) is 11.3 Å². The molecule has 1 N–H and O–H groups in total. The van der Waals surface area contributed by atoms with E-state index in [4.69, 9.17) is 9.15 Å². The van der Waals surface area contributed by atoms with Crippen LogP contribution in [0.25, 0.3) is 11.0 Å². The highest BCUT2D eigenvalue weighted by molar-refractivity contribution is 5.92. The molecule has 0 radical (unpaired) electrons. The van der Waals surface area contributed by atoms with Gasteiger partial charge in [0.05, 0.1) is 18.5 Å². The van der Waals surface area contributed by atoms with Gasteiger partial charge in [-0.1, -0.05) is 0 Å². The van der Waals surface area contributed by atoms with Crippen LogP contribution in [0.3, 0.4) is 0 Å². The molecule has 0 fully saturated rings. The second kappa shape index (κ2) is 7.84. The number of aryl methyl sites for hydroxylation is 4. The molecular weight excluding hydrogens is 356 g/mol. The first kappa shape index (κ1) is 19.6. The molecule has 0 unspecified atom stereocenters. The zero-order valence-electron chi connectivity index (χ0n) is 16.8. The third-order valence-corrected chi connectivity index (χ3v) is 4.89. The van der Waals surface area contributed by atoms with E-state index in [0.717, 1.165) is 33.6 Å². The number of hydrogen-bond acceptors (Lipinski definition) is 5. The first-order valence-electron chi connectivity index (χ1n) is 9.15. The summed E-state index contributed by atoms with van der Waals surface area (Å²) in [5, 5.41) is 3.75. The number of anilines is 1. The molecule has 146 valence electrons. The number of amides is 1. The molecule has 0 spiro atoms. The summed E-state index contributed by atoms with van der Waals surface area (Å²) in [5.74, 6) is 0.463. The van der Waals surface area contributed by atoms with Crippen LogP contribution in [-0.2, 0) is 11.2 Å². The zero-order valence-corrected chi connectivity index (χ0v) is 16.8. The number of fused-ring (bicyclic) bond motifs is 1. The van der Waals surface area contributed by atoms with Gasteiger partial charge in [0.15, 0.2) is 0 Å². The van der Waals surface area contributed by atoms with E-state index in [9.17, 15) is 9.59 Å². The van der Waals surface area contributed by atoms with E-state index in [1.165, 1.54) is 0 Å². The molecule has 1 aromatic carbocycles. The number of methoxy groups -OCH3 is 1. The van der Waals surface area contributed by atoms with Gasteiger partial charge < -0.3 is 14.5 Å². The molecule has 0 aliphatic heterocycles. The number of nitrogens with one attached hydrogen (secondary N) is 1. The standard InChI is InChI=1S/C22H24N2O4/c1-12-10-13(2)23-15(4)21(12)24-20(25)9-8-18-14(3)17-7-6-16(27-5)11-19(17)28-22(18)26/h6-7,10-11H,8-9H2,1-5H3,(H,24,25). The molecule has 28 heavy (non-hydrogen) atoms. The smallest absolute Gasteiger partial charge is 0.339 e. The van der Waals surface area contributed by atoms with Gasteiger partial charge in [0.25, 0.3) is 0 Å². The molecule has 0 aliphatic carbocycles. The third kappa shape index (κ3) is 3.91. The van der Waals surface area contributed by atoms with Crippen LogP contribution >= 0.6 is 0 Å². The minimum atomic E-state index is -0.421. The minimum Gasteiger partial charge on any atom is -0.497 e. The average molecular weight is 380 g/mol. The number of aromatic nitrogens is 1. The minimum absolute atomic E-state index is 0.162. The highest BCUT2D eigenvalue weighted by Gasteiger charge is 2.15. The molecule has 3 rings (SSSR count). The molecule has 0 aliphatic rings. The Labute approximate surface area is 163 Å². The second-order valence-corrected chi connectivity index (χ2v) is 6.94. The normalized spacial score (nSPS) is 10.9. The summed E-state index contributed by atoms with van der Waals surface area (Å²) in [4.78, 5) is 29.3. The van der Waals surface area contributed by atoms with Crippen molar-refractivity contribution in [2.45, 2.75) is 40.5 Å². The predicted molar refractivity (Wildman–Crippen MR) is 109 cm³/mol. The van der Waals surface area contributed by atoms with Gasteiger partial charge in [0.2, 0.25) is 5.91 Å². The van der Waals surface area contributed by atoms with Crippen LogP contribution in [0.4, 0.5) is 5.69 Å². The van der Waals surface area contributed by atoms with Crippen molar-refractivity contribution in [2.24, 2.45) is 0 Å². The number of carbonyl (C=O) groups is 1. The van der Waals surface area contributed by atoms with Crippen molar-refractivity contribution in [3.8, 4) is 5.75 Å². The van der Waals surface area contributed by atoms with Gasteiger partial charge in [-0.2, -0.15) is 0 Å². The summed E-state index contributed by atoms with van der Waals surface area (Å²) >= 11 is 0. The number of benzene rings is 1. The fourth-order valence-corrected chi connectivity index (χ4v) is 3.44. The quantitative estimate of drug-likeness (QED) is 0.677. The van der Waals surface area contributed by atoms with Gasteiger partial charge in [-0.25, -0.2) is 4.79 Å². The molecule has 6 nitrogen and oxygen atoms in total. The third-order valence-electron chi connectivity index (χ3n) is 4.89. The lowest BCUT2D eigenvalue weighted by Gasteiger charge is -2.12. The van der Waals surface area contributed by atoms with Crippen molar-refractivity contribution in [1.82, 2.24) is 4.98 Å². The number of nitrogens with zero attached hydrogens (tertiary/aromatic N) is 1. The van der Waals surface area contributed by atoms with Crippen molar-refractivity contribution in [2.75, 3.05) is 12.4 Å². The largest absolute Gasteiger partial charge is 0.497 e. The van der Waals surface area contributed by atoms with E-state index in [-0.39, 0.29) is 12.3 Å². The van der Waals surface area contributed by atoms with Gasteiger partial charge >= 0.3 is 5.63 Å². The molecule has 6 heteroatoms. The summed E-state index contributed by atoms with van der Waals surface area (Å²) in [5.41, 5.74) is 4.78. The van der Waals surface area contributed by atoms with Gasteiger partial charge in [0, 0.05) is 29.1 Å². The van der Waals surface area contributed by atoms with Crippen LogP contribution in [0.1, 0.15) is 34.5 Å². The Bertz CT molecular complexity index is 1090. The fraction of sp³-hybridized carbons (Fsp3) is 0.318. The zero-order chi connectivity index (χ0) is 20.4. The van der Waals surface area contributed by atoms with Crippen LogP contribution < -0.4 is 15.7 Å². The van der Waals surface area contributed by atoms with E-state index < -0.39 is 5.63 Å². The highest BCUT2D eigenvalue weighted by atomic mass is 16.5. The van der Waals surface area contributed by atoms with Crippen LogP contribution in [0, 0.1) is 27.7 Å². The Balaban J connectivity index is 1.80. The second-order valence-electron chi connectivity index (χ2n) is 6.94. The summed E-state index contributed by atoms with van der Waals surface area (Å²) in [6, 6.07) is 7.30. The van der Waals surface area contributed by atoms with E-state index >= 15 is 0 Å². The van der Waals surface area contributed by atoms with E-state index in [0.29, 0.717) is 23.3 Å². The first-order chi connectivity index (χ1) is 13.3. The predicted octanol–water partition coefficient (Wildman–Crippen LogP) is 4.00. The Kier molecular flexibility index (Phi) is 5.49. The Morgan fingerprint density at radius 1 is 1.18 bits per heavy atom. The first-order valence-corrected chi connectivity index (χ1v) is 9.15. The molecular formula is C22H24N2O4. The summed E-state index contributed by atoms with van der Waals surface area (Å²) in [7, 11) is 1.56. The summed E-state index contributed by atoms with van der Waals surface area (Å²) < 4.78 is 10.6. The van der Waals surface area contributed by atoms with Crippen molar-refractivity contribution in [1.29, 1.82) is 0 Å². The molecule has 0 bridgehead atoms. The SMILES string of the molecule is COc1ccc2c(C)c(CCC(=O)Nc3c(C)cc(C)nc3C)c(=O)oc2c1. The number of pyridine rings is 1. The van der Waals surface area contributed by atoms with Gasteiger partial charge in [-0.05, 0) is 63.4 Å². The maximum atomic E-state index is 12.5. The molecule has 0 saturated carbocycles. The number of rotatable bonds is 5. The number of carbonyl (C=O) groups excluding carboxylic acids is 1. The molecule has 0 saturated heterocycles. The highest BCUT2D eigenvalue weighted by Crippen LogP contribution is 2.25. The maximum Gasteiger partial charge on any atom is 0.339 e. The van der Waals surface area contributed by atoms with Gasteiger partial charge in [-0.3, -0.25) is 9.78 Å². The monoisotopic (exact) mass is 380 g/mol. The molecule has 0 atom stereocenters. The molecule has 1 amide bonds. The van der Waals surface area contributed by atoms with E-state index in [2.05, 4.69) is 10.3 Å². The Morgan fingerprint density at radius 3 is 2.61 bits per heavy atom.